The lowest BCUT2D eigenvalue weighted by molar-refractivity contribution is 0.598. The van der Waals surface area contributed by atoms with Crippen LogP contribution in [0.15, 0.2) is 41.3 Å². The van der Waals surface area contributed by atoms with Crippen molar-refractivity contribution in [3.05, 3.63) is 57.6 Å². The highest BCUT2D eigenvalue weighted by atomic mass is 35.5. The van der Waals surface area contributed by atoms with Gasteiger partial charge in [-0.2, -0.15) is 5.26 Å². The predicted molar refractivity (Wildman–Crippen MR) is 91.1 cm³/mol. The number of anilines is 1. The van der Waals surface area contributed by atoms with Crippen LogP contribution in [-0.4, -0.2) is 15.5 Å². The van der Waals surface area contributed by atoms with Crippen molar-refractivity contribution in [2.45, 2.75) is 11.4 Å². The van der Waals surface area contributed by atoms with Gasteiger partial charge in [0, 0.05) is 23.6 Å². The molecule has 2 rings (SSSR count). The Hall–Kier alpha value is -1.78. The third kappa shape index (κ3) is 4.36. The van der Waals surface area contributed by atoms with E-state index < -0.39 is 10.0 Å². The van der Waals surface area contributed by atoms with E-state index >= 15 is 0 Å². The molecule has 5 nitrogen and oxygen atoms in total. The van der Waals surface area contributed by atoms with Gasteiger partial charge in [-0.1, -0.05) is 23.2 Å². The first-order valence-corrected chi connectivity index (χ1v) is 8.74. The molecule has 0 aliphatic carbocycles. The van der Waals surface area contributed by atoms with E-state index in [1.165, 1.54) is 12.1 Å². The Balaban J connectivity index is 2.36. The summed E-state index contributed by atoms with van der Waals surface area (Å²) in [6.45, 7) is 0.448. The fourth-order valence-electron chi connectivity index (χ4n) is 2.18. The highest BCUT2D eigenvalue weighted by molar-refractivity contribution is 7.89. The van der Waals surface area contributed by atoms with E-state index in [9.17, 15) is 13.7 Å². The van der Waals surface area contributed by atoms with Crippen LogP contribution in [0.3, 0.4) is 0 Å². The maximum Gasteiger partial charge on any atom is 0.238 e. The standard InChI is InChI=1S/C15H13Cl2N3O2S/c1-20(9-10-4-12(16)7-13(17)5-10)15-3-2-14(23(19,21)22)6-11(15)8-18/h2-7H,9H2,1H3,(H2,19,21,22). The fraction of sp³-hybridized carbons (Fsp3) is 0.133. The molecule has 8 heteroatoms. The van der Waals surface area contributed by atoms with Crippen LogP contribution in [-0.2, 0) is 16.6 Å². The van der Waals surface area contributed by atoms with Crippen LogP contribution in [0.1, 0.15) is 11.1 Å². The van der Waals surface area contributed by atoms with Gasteiger partial charge in [0.2, 0.25) is 10.0 Å². The summed E-state index contributed by atoms with van der Waals surface area (Å²) >= 11 is 11.9. The van der Waals surface area contributed by atoms with Crippen molar-refractivity contribution < 1.29 is 8.42 Å². The third-order valence-corrected chi connectivity index (χ3v) is 4.52. The highest BCUT2D eigenvalue weighted by Gasteiger charge is 2.14. The molecule has 0 fully saturated rings. The van der Waals surface area contributed by atoms with Gasteiger partial charge in [-0.25, -0.2) is 13.6 Å². The first-order chi connectivity index (χ1) is 10.7. The fourth-order valence-corrected chi connectivity index (χ4v) is 3.29. The van der Waals surface area contributed by atoms with E-state index in [0.717, 1.165) is 5.56 Å². The minimum atomic E-state index is -3.85. The zero-order valence-corrected chi connectivity index (χ0v) is 14.5. The van der Waals surface area contributed by atoms with Gasteiger partial charge in [-0.3, -0.25) is 0 Å². The Kier molecular flexibility index (Phi) is 5.17. The first-order valence-electron chi connectivity index (χ1n) is 6.44. The summed E-state index contributed by atoms with van der Waals surface area (Å²) in [7, 11) is -2.07. The van der Waals surface area contributed by atoms with Gasteiger partial charge in [0.25, 0.3) is 0 Å². The lowest BCUT2D eigenvalue weighted by atomic mass is 10.1. The second-order valence-corrected chi connectivity index (χ2v) is 7.40. The molecule has 0 heterocycles. The number of nitrogens with two attached hydrogens (primary N) is 1. The largest absolute Gasteiger partial charge is 0.369 e. The number of halogens is 2. The average Bonchev–Trinajstić information content (AvgIpc) is 2.44. The first kappa shape index (κ1) is 17.6. The van der Waals surface area contributed by atoms with E-state index in [2.05, 4.69) is 0 Å². The Morgan fingerprint density at radius 1 is 1.17 bits per heavy atom. The number of nitriles is 1. The van der Waals surface area contributed by atoms with Crippen molar-refractivity contribution in [1.82, 2.24) is 0 Å². The SMILES string of the molecule is CN(Cc1cc(Cl)cc(Cl)c1)c1ccc(S(N)(=O)=O)cc1C#N. The van der Waals surface area contributed by atoms with Crippen LogP contribution in [0.25, 0.3) is 0 Å². The van der Waals surface area contributed by atoms with Crippen molar-refractivity contribution in [3.8, 4) is 6.07 Å². The summed E-state index contributed by atoms with van der Waals surface area (Å²) in [6, 6.07) is 11.3. The summed E-state index contributed by atoms with van der Waals surface area (Å²) in [4.78, 5) is 1.70. The molecule has 0 aliphatic heterocycles. The minimum Gasteiger partial charge on any atom is -0.369 e. The average molecular weight is 370 g/mol. The van der Waals surface area contributed by atoms with Crippen molar-refractivity contribution >= 4 is 38.9 Å². The maximum atomic E-state index is 11.4. The molecule has 0 saturated carbocycles. The van der Waals surface area contributed by atoms with E-state index in [1.54, 1.807) is 36.2 Å². The molecule has 23 heavy (non-hydrogen) atoms. The quantitative estimate of drug-likeness (QED) is 0.896. The molecule has 0 aromatic heterocycles. The smallest absolute Gasteiger partial charge is 0.238 e. The van der Waals surface area contributed by atoms with Gasteiger partial charge in [0.1, 0.15) is 6.07 Å². The second kappa shape index (κ2) is 6.77. The van der Waals surface area contributed by atoms with Crippen LogP contribution in [0, 0.1) is 11.3 Å². The molecule has 0 aliphatic rings. The molecule has 0 spiro atoms. The van der Waals surface area contributed by atoms with Crippen molar-refractivity contribution in [2.24, 2.45) is 5.14 Å². The lowest BCUT2D eigenvalue weighted by Gasteiger charge is -2.21. The summed E-state index contributed by atoms with van der Waals surface area (Å²) in [5, 5.41) is 15.4. The van der Waals surface area contributed by atoms with Gasteiger partial charge >= 0.3 is 0 Å². The van der Waals surface area contributed by atoms with Crippen molar-refractivity contribution in [1.29, 1.82) is 5.26 Å². The van der Waals surface area contributed by atoms with Crippen LogP contribution >= 0.6 is 23.2 Å². The molecule has 0 atom stereocenters. The van der Waals surface area contributed by atoms with Gasteiger partial charge in [-0.15, -0.1) is 0 Å². The number of sulfonamides is 1. The van der Waals surface area contributed by atoms with Gasteiger partial charge in [0.05, 0.1) is 16.1 Å². The number of rotatable bonds is 4. The highest BCUT2D eigenvalue weighted by Crippen LogP contribution is 2.25. The molecule has 0 amide bonds. The molecule has 2 N–H and O–H groups in total. The number of primary sulfonamides is 1. The van der Waals surface area contributed by atoms with Crippen LogP contribution in [0.2, 0.25) is 10.0 Å². The van der Waals surface area contributed by atoms with E-state index in [1.807, 2.05) is 6.07 Å². The number of hydrogen-bond donors (Lipinski definition) is 1. The Bertz CT molecular complexity index is 872. The molecular weight excluding hydrogens is 357 g/mol. The van der Waals surface area contributed by atoms with Crippen molar-refractivity contribution in [3.63, 3.8) is 0 Å². The molecule has 0 unspecified atom stereocenters. The van der Waals surface area contributed by atoms with Crippen LogP contribution < -0.4 is 10.0 Å². The normalized spacial score (nSPS) is 11.1. The van der Waals surface area contributed by atoms with E-state index in [-0.39, 0.29) is 10.5 Å². The molecule has 2 aromatic carbocycles. The summed E-state index contributed by atoms with van der Waals surface area (Å²) in [6.07, 6.45) is 0. The van der Waals surface area contributed by atoms with Gasteiger partial charge < -0.3 is 4.90 Å². The summed E-state index contributed by atoms with van der Waals surface area (Å²) in [5.74, 6) is 0. The zero-order valence-electron chi connectivity index (χ0n) is 12.1. The minimum absolute atomic E-state index is 0.1000. The second-order valence-electron chi connectivity index (χ2n) is 4.97. The molecule has 120 valence electrons. The van der Waals surface area contributed by atoms with Crippen LogP contribution in [0.5, 0.6) is 0 Å². The zero-order chi connectivity index (χ0) is 17.2. The summed E-state index contributed by atoms with van der Waals surface area (Å²) in [5.41, 5.74) is 1.66. The van der Waals surface area contributed by atoms with Gasteiger partial charge in [0.15, 0.2) is 0 Å². The molecule has 0 radical (unpaired) electrons. The number of nitrogens with zero attached hydrogens (tertiary/aromatic N) is 2. The van der Waals surface area contributed by atoms with Crippen LogP contribution in [0.4, 0.5) is 5.69 Å². The number of hydrogen-bond acceptors (Lipinski definition) is 4. The van der Waals surface area contributed by atoms with E-state index in [0.29, 0.717) is 22.3 Å². The predicted octanol–water partition coefficient (Wildman–Crippen LogP) is 3.15. The monoisotopic (exact) mass is 369 g/mol. The Morgan fingerprint density at radius 2 is 1.78 bits per heavy atom. The lowest BCUT2D eigenvalue weighted by Crippen LogP contribution is -2.18. The molecule has 2 aromatic rings. The van der Waals surface area contributed by atoms with E-state index in [4.69, 9.17) is 28.3 Å². The number of benzene rings is 2. The molecular formula is C15H13Cl2N3O2S. The maximum absolute atomic E-state index is 11.4. The molecule has 0 saturated heterocycles. The van der Waals surface area contributed by atoms with Crippen molar-refractivity contribution in [2.75, 3.05) is 11.9 Å². The topological polar surface area (TPSA) is 87.2 Å². The Labute approximate surface area is 144 Å². The Morgan fingerprint density at radius 3 is 2.30 bits per heavy atom. The summed E-state index contributed by atoms with van der Waals surface area (Å²) < 4.78 is 22.7. The molecule has 0 bridgehead atoms. The third-order valence-electron chi connectivity index (χ3n) is 3.17. The van der Waals surface area contributed by atoms with Gasteiger partial charge in [-0.05, 0) is 42.0 Å².